The summed E-state index contributed by atoms with van der Waals surface area (Å²) >= 11 is 10.6. The number of benzene rings is 3. The summed E-state index contributed by atoms with van der Waals surface area (Å²) in [5.74, 6) is 2.37. The summed E-state index contributed by atoms with van der Waals surface area (Å²) in [5.41, 5.74) is 7.85. The fourth-order valence-corrected chi connectivity index (χ4v) is 8.97. The Morgan fingerprint density at radius 2 is 1.70 bits per heavy atom. The number of nitrogens with zero attached hydrogens (tertiary/aromatic N) is 5. The summed E-state index contributed by atoms with van der Waals surface area (Å²) < 4.78 is 12.3. The Hall–Kier alpha value is -3.86. The van der Waals surface area contributed by atoms with Crippen LogP contribution < -0.4 is 4.74 Å². The zero-order valence-electron chi connectivity index (χ0n) is 32.3. The smallest absolute Gasteiger partial charge is 0.352 e. The molecule has 53 heavy (non-hydrogen) atoms. The van der Waals surface area contributed by atoms with E-state index in [2.05, 4.69) is 49.3 Å². The highest BCUT2D eigenvalue weighted by Crippen LogP contribution is 2.42. The maximum absolute atomic E-state index is 13.1. The largest absolute Gasteiger partial charge is 0.493 e. The minimum Gasteiger partial charge on any atom is -0.493 e. The molecule has 11 heteroatoms. The SMILES string of the molecule is CC.CCC.Cc1nn(C)c(C)c1-c1c(Cl)ccc2c3c(C(=O)O)n(c12)CCCSCc1cc(n(C)n1)CSc1cc(c2ccccc2c1)OCCC3. The maximum atomic E-state index is 13.1. The number of carbonyl (C=O) groups is 1. The van der Waals surface area contributed by atoms with Crippen molar-refractivity contribution < 1.29 is 14.6 Å². The standard InChI is InChI=1S/C37H38ClN5O3S2.C3H8.C2H6/c1-22-33(23(2)41(3)39-22)34-31(38)13-12-30-29-11-7-15-46-32-19-27(17-24-9-5-6-10-28(24)32)48-21-26-18-25(40-42(26)4)20-47-16-8-14-43(35(30)34)36(29)37(44)45;1-3-2;1-2/h5-6,9-10,12-13,17-19H,7-8,11,14-16,20-21H2,1-4H3,(H,44,45);3H2,1-2H3;1-2H3. The second kappa shape index (κ2) is 18.5. The van der Waals surface area contributed by atoms with Crippen molar-refractivity contribution in [2.24, 2.45) is 14.1 Å². The Bertz CT molecular complexity index is 2200. The van der Waals surface area contributed by atoms with Crippen LogP contribution in [-0.4, -0.2) is 47.6 Å². The van der Waals surface area contributed by atoms with Gasteiger partial charge in [0.1, 0.15) is 11.4 Å². The summed E-state index contributed by atoms with van der Waals surface area (Å²) in [7, 11) is 3.93. The number of carboxylic acid groups (broad SMARTS) is 1. The number of carboxylic acids is 1. The van der Waals surface area contributed by atoms with Gasteiger partial charge in [0.15, 0.2) is 0 Å². The molecule has 0 saturated carbocycles. The van der Waals surface area contributed by atoms with E-state index in [4.69, 9.17) is 21.4 Å². The number of ether oxygens (including phenoxy) is 1. The van der Waals surface area contributed by atoms with Gasteiger partial charge in [0.05, 0.1) is 28.5 Å². The number of fused-ring (bicyclic) bond motifs is 11. The van der Waals surface area contributed by atoms with Crippen molar-refractivity contribution in [1.29, 1.82) is 0 Å². The molecular formula is C42H52ClN5O3S2. The first-order valence-electron chi connectivity index (χ1n) is 18.6. The van der Waals surface area contributed by atoms with E-state index in [9.17, 15) is 9.90 Å². The first-order valence-corrected chi connectivity index (χ1v) is 21.1. The molecular weight excluding hydrogens is 722 g/mol. The van der Waals surface area contributed by atoms with Gasteiger partial charge in [0.25, 0.3) is 0 Å². The minimum absolute atomic E-state index is 0.324. The highest BCUT2D eigenvalue weighted by Gasteiger charge is 2.27. The molecule has 1 N–H and O–H groups in total. The van der Waals surface area contributed by atoms with Crippen molar-refractivity contribution in [2.45, 2.75) is 90.2 Å². The monoisotopic (exact) mass is 773 g/mol. The third-order valence-electron chi connectivity index (χ3n) is 9.20. The fraction of sp³-hybridized carbons (Fsp3) is 0.405. The van der Waals surface area contributed by atoms with E-state index in [1.807, 2.05) is 91.7 Å². The first-order chi connectivity index (χ1) is 25.6. The van der Waals surface area contributed by atoms with Gasteiger partial charge in [-0.15, -0.1) is 11.8 Å². The van der Waals surface area contributed by atoms with Gasteiger partial charge in [-0.1, -0.05) is 76.0 Å². The average molecular weight is 774 g/mol. The molecule has 0 atom stereocenters. The number of halogens is 1. The molecule has 6 bridgehead atoms. The number of aromatic carboxylic acids is 1. The van der Waals surface area contributed by atoms with Gasteiger partial charge in [-0.05, 0) is 74.1 Å². The van der Waals surface area contributed by atoms with E-state index in [0.717, 1.165) is 89.8 Å². The molecule has 0 radical (unpaired) electrons. The predicted molar refractivity (Wildman–Crippen MR) is 224 cm³/mol. The summed E-state index contributed by atoms with van der Waals surface area (Å²) in [4.78, 5) is 14.3. The van der Waals surface area contributed by atoms with Gasteiger partial charge in [-0.3, -0.25) is 9.36 Å². The molecule has 0 amide bonds. The molecule has 0 fully saturated rings. The summed E-state index contributed by atoms with van der Waals surface area (Å²) in [6.45, 7) is 13.3. The van der Waals surface area contributed by atoms with Crippen LogP contribution >= 0.6 is 35.1 Å². The van der Waals surface area contributed by atoms with Crippen molar-refractivity contribution in [1.82, 2.24) is 24.1 Å². The van der Waals surface area contributed by atoms with E-state index in [1.165, 1.54) is 12.1 Å². The zero-order chi connectivity index (χ0) is 38.2. The van der Waals surface area contributed by atoms with Gasteiger partial charge in [0.2, 0.25) is 0 Å². The lowest BCUT2D eigenvalue weighted by atomic mass is 9.98. The maximum Gasteiger partial charge on any atom is 0.352 e. The molecule has 6 aromatic rings. The molecule has 0 aliphatic carbocycles. The Morgan fingerprint density at radius 3 is 2.42 bits per heavy atom. The molecule has 0 saturated heterocycles. The molecule has 0 unspecified atom stereocenters. The van der Waals surface area contributed by atoms with Crippen LogP contribution in [0.15, 0.2) is 59.5 Å². The van der Waals surface area contributed by atoms with Crippen LogP contribution in [0.1, 0.15) is 85.8 Å². The molecule has 1 aliphatic heterocycles. The van der Waals surface area contributed by atoms with Crippen LogP contribution in [0.25, 0.3) is 32.8 Å². The Labute approximate surface area is 327 Å². The number of aromatic nitrogens is 5. The van der Waals surface area contributed by atoms with Gasteiger partial charge in [-0.25, -0.2) is 4.79 Å². The van der Waals surface area contributed by atoms with Gasteiger partial charge < -0.3 is 14.4 Å². The summed E-state index contributed by atoms with van der Waals surface area (Å²) in [6, 6.07) is 18.7. The molecule has 0 spiro atoms. The predicted octanol–water partition coefficient (Wildman–Crippen LogP) is 11.3. The lowest BCUT2D eigenvalue weighted by Crippen LogP contribution is -2.12. The third-order valence-corrected chi connectivity index (χ3v) is 11.6. The van der Waals surface area contributed by atoms with Crippen LogP contribution in [0.3, 0.4) is 0 Å². The van der Waals surface area contributed by atoms with Crippen LogP contribution in [0.2, 0.25) is 5.02 Å². The van der Waals surface area contributed by atoms with Crippen molar-refractivity contribution in [3.8, 4) is 16.9 Å². The molecule has 3 aromatic heterocycles. The van der Waals surface area contributed by atoms with Gasteiger partial charge in [-0.2, -0.15) is 22.0 Å². The topological polar surface area (TPSA) is 87.1 Å². The Balaban J connectivity index is 0.00000103. The zero-order valence-corrected chi connectivity index (χ0v) is 34.6. The second-order valence-corrected chi connectivity index (χ2v) is 15.6. The molecule has 1 aliphatic rings. The highest BCUT2D eigenvalue weighted by atomic mass is 35.5. The quantitative estimate of drug-likeness (QED) is 0.187. The lowest BCUT2D eigenvalue weighted by molar-refractivity contribution is 0.0684. The summed E-state index contributed by atoms with van der Waals surface area (Å²) in [5, 5.41) is 23.9. The van der Waals surface area contributed by atoms with Crippen LogP contribution in [0.5, 0.6) is 5.75 Å². The van der Waals surface area contributed by atoms with Crippen LogP contribution in [0, 0.1) is 13.8 Å². The average Bonchev–Trinajstić information content (AvgIpc) is 3.75. The van der Waals surface area contributed by atoms with E-state index >= 15 is 0 Å². The lowest BCUT2D eigenvalue weighted by Gasteiger charge is -2.14. The van der Waals surface area contributed by atoms with Crippen molar-refractivity contribution >= 4 is 62.8 Å². The van der Waals surface area contributed by atoms with Gasteiger partial charge >= 0.3 is 5.97 Å². The number of hydrogen-bond acceptors (Lipinski definition) is 6. The second-order valence-electron chi connectivity index (χ2n) is 13.0. The summed E-state index contributed by atoms with van der Waals surface area (Å²) in [6.07, 6.45) is 3.26. The van der Waals surface area contributed by atoms with E-state index in [1.54, 1.807) is 11.8 Å². The van der Waals surface area contributed by atoms with Crippen LogP contribution in [-0.2, 0) is 38.6 Å². The fourth-order valence-electron chi connectivity index (χ4n) is 6.91. The molecule has 7 rings (SSSR count). The van der Waals surface area contributed by atoms with E-state index < -0.39 is 5.97 Å². The first kappa shape index (κ1) is 40.3. The highest BCUT2D eigenvalue weighted by molar-refractivity contribution is 7.98. The molecule has 4 heterocycles. The van der Waals surface area contributed by atoms with Crippen molar-refractivity contribution in [2.75, 3.05) is 12.4 Å². The molecule has 8 nitrogen and oxygen atoms in total. The van der Waals surface area contributed by atoms with E-state index in [-0.39, 0.29) is 0 Å². The number of rotatable bonds is 2. The molecule has 3 aromatic carbocycles. The van der Waals surface area contributed by atoms with E-state index in [0.29, 0.717) is 36.7 Å². The Morgan fingerprint density at radius 1 is 0.943 bits per heavy atom. The van der Waals surface area contributed by atoms with Crippen LogP contribution in [0.4, 0.5) is 0 Å². The van der Waals surface area contributed by atoms with Crippen molar-refractivity contribution in [3.63, 3.8) is 0 Å². The number of thioether (sulfide) groups is 2. The van der Waals surface area contributed by atoms with Crippen molar-refractivity contribution in [3.05, 3.63) is 93.7 Å². The normalized spacial score (nSPS) is 13.8. The number of hydrogen-bond donors (Lipinski definition) is 1. The number of aryl methyl sites for hydroxylation is 5. The van der Waals surface area contributed by atoms with Gasteiger partial charge in [0, 0.05) is 70.3 Å². The minimum atomic E-state index is -0.935. The third kappa shape index (κ3) is 8.76. The molecule has 282 valence electrons. The Kier molecular flexibility index (Phi) is 14.0.